The van der Waals surface area contributed by atoms with Crippen molar-refractivity contribution in [1.82, 2.24) is 4.72 Å². The van der Waals surface area contributed by atoms with Crippen molar-refractivity contribution >= 4 is 45.0 Å². The quantitative estimate of drug-likeness (QED) is 0.678. The highest BCUT2D eigenvalue weighted by molar-refractivity contribution is 7.98. The van der Waals surface area contributed by atoms with Gasteiger partial charge in [0.2, 0.25) is 15.9 Å². The van der Waals surface area contributed by atoms with Gasteiger partial charge in [0.05, 0.1) is 28.8 Å². The lowest BCUT2D eigenvalue weighted by Crippen LogP contribution is -2.41. The average molecular weight is 415 g/mol. The van der Waals surface area contributed by atoms with Crippen LogP contribution in [0.4, 0.5) is 5.69 Å². The van der Waals surface area contributed by atoms with Crippen molar-refractivity contribution in [3.63, 3.8) is 0 Å². The van der Waals surface area contributed by atoms with Gasteiger partial charge in [0, 0.05) is 4.90 Å². The number of carbonyl (C=O) groups excluding carboxylic acids is 1. The summed E-state index contributed by atoms with van der Waals surface area (Å²) in [5.74, 6) is -0.0974. The molecule has 0 unspecified atom stereocenters. The fourth-order valence-corrected chi connectivity index (χ4v) is 4.26. The lowest BCUT2D eigenvalue weighted by atomic mass is 10.3. The minimum atomic E-state index is -3.92. The van der Waals surface area contributed by atoms with E-state index < -0.39 is 22.0 Å². The third kappa shape index (κ3) is 4.91. The first-order chi connectivity index (χ1) is 12.3. The summed E-state index contributed by atoms with van der Waals surface area (Å²) in [7, 11) is -2.48. The molecule has 0 aliphatic heterocycles. The van der Waals surface area contributed by atoms with Gasteiger partial charge in [-0.25, -0.2) is 8.42 Å². The summed E-state index contributed by atoms with van der Waals surface area (Å²) in [5, 5.41) is 2.90. The summed E-state index contributed by atoms with van der Waals surface area (Å²) in [6.45, 7) is 1.47. The van der Waals surface area contributed by atoms with Crippen molar-refractivity contribution in [2.24, 2.45) is 0 Å². The van der Waals surface area contributed by atoms with E-state index >= 15 is 0 Å². The lowest BCUT2D eigenvalue weighted by molar-refractivity contribution is -0.117. The molecule has 1 atom stereocenters. The molecule has 0 aliphatic rings. The van der Waals surface area contributed by atoms with E-state index in [0.29, 0.717) is 11.4 Å². The number of hydrogen-bond acceptors (Lipinski definition) is 5. The number of methoxy groups -OCH3 is 1. The second kappa shape index (κ2) is 8.77. The number of rotatable bonds is 7. The van der Waals surface area contributed by atoms with Gasteiger partial charge in [0.1, 0.15) is 5.75 Å². The van der Waals surface area contributed by atoms with Crippen molar-refractivity contribution in [2.45, 2.75) is 22.8 Å². The number of benzene rings is 2. The highest BCUT2D eigenvalue weighted by Crippen LogP contribution is 2.27. The molecule has 0 aliphatic carbocycles. The van der Waals surface area contributed by atoms with Crippen LogP contribution < -0.4 is 14.8 Å². The number of para-hydroxylation sites is 1. The molecule has 140 valence electrons. The van der Waals surface area contributed by atoms with E-state index in [2.05, 4.69) is 10.0 Å². The number of halogens is 1. The van der Waals surface area contributed by atoms with Crippen LogP contribution >= 0.6 is 23.4 Å². The molecule has 0 aromatic heterocycles. The topological polar surface area (TPSA) is 84.5 Å². The van der Waals surface area contributed by atoms with Crippen molar-refractivity contribution in [3.8, 4) is 5.75 Å². The molecule has 0 spiro atoms. The number of anilines is 1. The molecule has 0 radical (unpaired) electrons. The maximum atomic E-state index is 12.5. The van der Waals surface area contributed by atoms with Crippen LogP contribution in [0.1, 0.15) is 6.92 Å². The molecule has 1 amide bonds. The van der Waals surface area contributed by atoms with Crippen LogP contribution in [0.5, 0.6) is 5.75 Å². The average Bonchev–Trinajstić information content (AvgIpc) is 2.61. The van der Waals surface area contributed by atoms with Gasteiger partial charge in [-0.05, 0) is 43.5 Å². The van der Waals surface area contributed by atoms with Gasteiger partial charge < -0.3 is 10.1 Å². The number of carbonyl (C=O) groups is 1. The number of hydrogen-bond donors (Lipinski definition) is 2. The first-order valence-electron chi connectivity index (χ1n) is 7.58. The molecule has 9 heteroatoms. The van der Waals surface area contributed by atoms with E-state index in [1.807, 2.05) is 18.4 Å². The molecule has 0 saturated heterocycles. The van der Waals surface area contributed by atoms with E-state index in [0.717, 1.165) is 4.90 Å². The summed E-state index contributed by atoms with van der Waals surface area (Å²) in [6.07, 6.45) is 1.89. The molecule has 2 aromatic carbocycles. The Morgan fingerprint density at radius 2 is 1.92 bits per heavy atom. The predicted octanol–water partition coefficient (Wildman–Crippen LogP) is 3.38. The van der Waals surface area contributed by atoms with Gasteiger partial charge in [0.25, 0.3) is 0 Å². The number of ether oxygens (including phenoxy) is 1. The zero-order valence-electron chi connectivity index (χ0n) is 14.4. The fourth-order valence-electron chi connectivity index (χ4n) is 2.16. The monoisotopic (exact) mass is 414 g/mol. The summed E-state index contributed by atoms with van der Waals surface area (Å²) < 4.78 is 32.3. The zero-order valence-corrected chi connectivity index (χ0v) is 16.8. The largest absolute Gasteiger partial charge is 0.495 e. The molecular formula is C17H19ClN2O4S2. The molecule has 6 nitrogen and oxygen atoms in total. The lowest BCUT2D eigenvalue weighted by Gasteiger charge is -2.16. The van der Waals surface area contributed by atoms with Gasteiger partial charge >= 0.3 is 0 Å². The Hall–Kier alpha value is -1.74. The first-order valence-corrected chi connectivity index (χ1v) is 10.7. The maximum absolute atomic E-state index is 12.5. The Morgan fingerprint density at radius 3 is 2.54 bits per heavy atom. The molecule has 0 bridgehead atoms. The van der Waals surface area contributed by atoms with Crippen LogP contribution in [-0.2, 0) is 14.8 Å². The maximum Gasteiger partial charge on any atom is 0.242 e. The van der Waals surface area contributed by atoms with E-state index in [-0.39, 0.29) is 9.92 Å². The van der Waals surface area contributed by atoms with E-state index in [9.17, 15) is 13.2 Å². The Bertz CT molecular complexity index is 903. The van der Waals surface area contributed by atoms with Crippen LogP contribution in [-0.4, -0.2) is 33.7 Å². The van der Waals surface area contributed by atoms with Gasteiger partial charge in [-0.3, -0.25) is 4.79 Å². The molecule has 0 heterocycles. The molecule has 2 rings (SSSR count). The molecule has 26 heavy (non-hydrogen) atoms. The molecule has 2 aromatic rings. The van der Waals surface area contributed by atoms with Gasteiger partial charge in [-0.2, -0.15) is 4.72 Å². The van der Waals surface area contributed by atoms with Gasteiger partial charge in [0.15, 0.2) is 0 Å². The van der Waals surface area contributed by atoms with Crippen molar-refractivity contribution in [1.29, 1.82) is 0 Å². The van der Waals surface area contributed by atoms with Crippen molar-refractivity contribution in [2.75, 3.05) is 18.7 Å². The summed E-state index contributed by atoms with van der Waals surface area (Å²) in [4.78, 5) is 13.2. The van der Waals surface area contributed by atoms with E-state index in [1.165, 1.54) is 44.0 Å². The molecule has 2 N–H and O–H groups in total. The fraction of sp³-hybridized carbons (Fsp3) is 0.235. The van der Waals surface area contributed by atoms with E-state index in [4.69, 9.17) is 16.3 Å². The van der Waals surface area contributed by atoms with Crippen LogP contribution in [0, 0.1) is 0 Å². The molecule has 0 fully saturated rings. The number of thioether (sulfide) groups is 1. The minimum absolute atomic E-state index is 0.0486. The third-order valence-electron chi connectivity index (χ3n) is 3.52. The Kier molecular flexibility index (Phi) is 6.94. The Morgan fingerprint density at radius 1 is 1.23 bits per heavy atom. The smallest absolute Gasteiger partial charge is 0.242 e. The predicted molar refractivity (Wildman–Crippen MR) is 105 cm³/mol. The third-order valence-corrected chi connectivity index (χ3v) is 6.15. The second-order valence-electron chi connectivity index (χ2n) is 5.33. The van der Waals surface area contributed by atoms with E-state index in [1.54, 1.807) is 12.1 Å². The van der Waals surface area contributed by atoms with Gasteiger partial charge in [-0.1, -0.05) is 23.7 Å². The zero-order chi connectivity index (χ0) is 19.3. The standard InChI is InChI=1S/C17H19ClN2O4S2/c1-11(17(21)19-14-6-4-5-7-16(14)25-3)20-26(22,23)12-8-9-15(24-2)13(18)10-12/h4-11,20H,1-3H3,(H,19,21)/t11-/m0/s1. The van der Waals surface area contributed by atoms with Crippen LogP contribution in [0.3, 0.4) is 0 Å². The summed E-state index contributed by atoms with van der Waals surface area (Å²) in [5.41, 5.74) is 0.628. The highest BCUT2D eigenvalue weighted by atomic mass is 35.5. The SMILES string of the molecule is COc1ccc(S(=O)(=O)N[C@@H](C)C(=O)Nc2ccccc2SC)cc1Cl. The van der Waals surface area contributed by atoms with Crippen LogP contribution in [0.15, 0.2) is 52.3 Å². The van der Waals surface area contributed by atoms with Gasteiger partial charge in [-0.15, -0.1) is 11.8 Å². The normalized spacial score (nSPS) is 12.5. The second-order valence-corrected chi connectivity index (χ2v) is 8.30. The minimum Gasteiger partial charge on any atom is -0.495 e. The van der Waals surface area contributed by atoms with Crippen LogP contribution in [0.25, 0.3) is 0 Å². The number of sulfonamides is 1. The number of nitrogens with one attached hydrogen (secondary N) is 2. The molecular weight excluding hydrogens is 396 g/mol. The number of amides is 1. The Balaban J connectivity index is 2.13. The van der Waals surface area contributed by atoms with Crippen molar-refractivity contribution in [3.05, 3.63) is 47.5 Å². The molecule has 0 saturated carbocycles. The summed E-state index contributed by atoms with van der Waals surface area (Å²) >= 11 is 7.46. The summed E-state index contributed by atoms with van der Waals surface area (Å²) in [6, 6.07) is 10.4. The highest BCUT2D eigenvalue weighted by Gasteiger charge is 2.23. The first kappa shape index (κ1) is 20.6. The van der Waals surface area contributed by atoms with Crippen LogP contribution in [0.2, 0.25) is 5.02 Å². The Labute approximate surface area is 162 Å². The van der Waals surface area contributed by atoms with Crippen molar-refractivity contribution < 1.29 is 17.9 Å².